The molecule has 1 N–H and O–H groups in total. The minimum atomic E-state index is -4.24. The summed E-state index contributed by atoms with van der Waals surface area (Å²) in [5, 5.41) is 2.66. The first kappa shape index (κ1) is 16.9. The quantitative estimate of drug-likeness (QED) is 0.871. The number of aryl methyl sites for hydroxylation is 1. The summed E-state index contributed by atoms with van der Waals surface area (Å²) in [6, 6.07) is 2.24. The molecule has 0 fully saturated rings. The highest BCUT2D eigenvalue weighted by Gasteiger charge is 2.21. The predicted octanol–water partition coefficient (Wildman–Crippen LogP) is 2.84. The Morgan fingerprint density at radius 3 is 2.35 bits per heavy atom. The Bertz CT molecular complexity index is 636. The first-order chi connectivity index (χ1) is 8.92. The summed E-state index contributed by atoms with van der Waals surface area (Å²) in [6.45, 7) is 7.61. The third-order valence-electron chi connectivity index (χ3n) is 2.53. The zero-order valence-electron chi connectivity index (χ0n) is 11.8. The van der Waals surface area contributed by atoms with Crippen LogP contribution in [-0.4, -0.2) is 20.9 Å². The van der Waals surface area contributed by atoms with Crippen LogP contribution in [0.2, 0.25) is 0 Å². The Balaban J connectivity index is 3.15. The number of hydrogen-bond acceptors (Lipinski definition) is 3. The molecule has 0 bridgehead atoms. The van der Waals surface area contributed by atoms with Crippen LogP contribution < -0.4 is 5.32 Å². The maximum absolute atomic E-state index is 13.7. The van der Waals surface area contributed by atoms with Crippen LogP contribution in [0.25, 0.3) is 0 Å². The monoisotopic (exact) mass is 321 g/mol. The number of carbonyl (C=O) groups is 1. The van der Waals surface area contributed by atoms with Gasteiger partial charge in [0.2, 0.25) is 0 Å². The fraction of sp³-hybridized carbons (Fsp3) is 0.462. The summed E-state index contributed by atoms with van der Waals surface area (Å²) < 4.78 is 36.3. The van der Waals surface area contributed by atoms with Gasteiger partial charge in [0.05, 0.1) is 0 Å². The molecule has 0 aliphatic carbocycles. The molecule has 1 amide bonds. The van der Waals surface area contributed by atoms with E-state index in [9.17, 15) is 17.6 Å². The number of halogens is 2. The van der Waals surface area contributed by atoms with Crippen molar-refractivity contribution in [2.45, 2.75) is 32.6 Å². The van der Waals surface area contributed by atoms with Crippen molar-refractivity contribution in [1.82, 2.24) is 5.32 Å². The van der Waals surface area contributed by atoms with Gasteiger partial charge in [0, 0.05) is 22.8 Å². The standard InChI is InChI=1S/C13H17ClFNO3S/c1-8-5-9(12(17)16-7-13(2,3)4)6-10(11(8)15)20(14,18)19/h5-6H,7H2,1-4H3,(H,16,17). The molecule has 0 saturated carbocycles. The van der Waals surface area contributed by atoms with Gasteiger partial charge in [0.25, 0.3) is 15.0 Å². The van der Waals surface area contributed by atoms with E-state index in [1.54, 1.807) is 0 Å². The van der Waals surface area contributed by atoms with E-state index < -0.39 is 25.7 Å². The molecule has 4 nitrogen and oxygen atoms in total. The molecule has 1 aromatic carbocycles. The van der Waals surface area contributed by atoms with Crippen molar-refractivity contribution < 1.29 is 17.6 Å². The number of amides is 1. The van der Waals surface area contributed by atoms with E-state index in [-0.39, 0.29) is 16.5 Å². The lowest BCUT2D eigenvalue weighted by Gasteiger charge is -2.19. The normalized spacial score (nSPS) is 12.3. The van der Waals surface area contributed by atoms with E-state index in [1.807, 2.05) is 20.8 Å². The van der Waals surface area contributed by atoms with Gasteiger partial charge >= 0.3 is 0 Å². The highest BCUT2D eigenvalue weighted by molar-refractivity contribution is 8.13. The zero-order valence-corrected chi connectivity index (χ0v) is 13.3. The van der Waals surface area contributed by atoms with Gasteiger partial charge < -0.3 is 5.32 Å². The van der Waals surface area contributed by atoms with Crippen molar-refractivity contribution in [2.24, 2.45) is 5.41 Å². The van der Waals surface area contributed by atoms with Gasteiger partial charge in [-0.25, -0.2) is 12.8 Å². The van der Waals surface area contributed by atoms with Crippen molar-refractivity contribution in [1.29, 1.82) is 0 Å². The third kappa shape index (κ3) is 4.45. The van der Waals surface area contributed by atoms with Crippen LogP contribution in [0.1, 0.15) is 36.7 Å². The second-order valence-corrected chi connectivity index (χ2v) is 8.32. The van der Waals surface area contributed by atoms with E-state index in [0.29, 0.717) is 6.54 Å². The molecular weight excluding hydrogens is 305 g/mol. The third-order valence-corrected chi connectivity index (χ3v) is 3.85. The smallest absolute Gasteiger partial charge is 0.264 e. The van der Waals surface area contributed by atoms with Crippen molar-refractivity contribution in [2.75, 3.05) is 6.54 Å². The van der Waals surface area contributed by atoms with Gasteiger partial charge in [0.1, 0.15) is 10.7 Å². The predicted molar refractivity (Wildman–Crippen MR) is 76.0 cm³/mol. The summed E-state index contributed by atoms with van der Waals surface area (Å²) in [5.41, 5.74) is -0.00780. The van der Waals surface area contributed by atoms with Gasteiger partial charge in [-0.05, 0) is 30.0 Å². The molecule has 0 saturated heterocycles. The minimum Gasteiger partial charge on any atom is -0.352 e. The second kappa shape index (κ2) is 5.69. The Labute approximate surface area is 122 Å². The first-order valence-corrected chi connectivity index (χ1v) is 8.26. The van der Waals surface area contributed by atoms with E-state index in [1.165, 1.54) is 13.0 Å². The Morgan fingerprint density at radius 2 is 1.90 bits per heavy atom. The van der Waals surface area contributed by atoms with E-state index in [0.717, 1.165) is 6.07 Å². The lowest BCUT2D eigenvalue weighted by Crippen LogP contribution is -2.32. The number of nitrogens with one attached hydrogen (secondary N) is 1. The summed E-state index contributed by atoms with van der Waals surface area (Å²) in [5.74, 6) is -1.41. The average molecular weight is 322 g/mol. The molecule has 20 heavy (non-hydrogen) atoms. The maximum atomic E-state index is 13.7. The van der Waals surface area contributed by atoms with Gasteiger partial charge in [-0.2, -0.15) is 0 Å². The maximum Gasteiger partial charge on any atom is 0.264 e. The molecule has 7 heteroatoms. The van der Waals surface area contributed by atoms with Crippen LogP contribution in [-0.2, 0) is 9.05 Å². The van der Waals surface area contributed by atoms with Gasteiger partial charge in [-0.15, -0.1) is 0 Å². The first-order valence-electron chi connectivity index (χ1n) is 5.95. The molecule has 0 heterocycles. The number of rotatable bonds is 3. The SMILES string of the molecule is Cc1cc(C(=O)NCC(C)(C)C)cc(S(=O)(=O)Cl)c1F. The highest BCUT2D eigenvalue weighted by atomic mass is 35.7. The summed E-state index contributed by atoms with van der Waals surface area (Å²) >= 11 is 0. The largest absolute Gasteiger partial charge is 0.352 e. The number of benzene rings is 1. The molecule has 0 aliphatic rings. The Kier molecular flexibility index (Phi) is 4.82. The van der Waals surface area contributed by atoms with Gasteiger partial charge in [-0.3, -0.25) is 4.79 Å². The van der Waals surface area contributed by atoms with Crippen molar-refractivity contribution >= 4 is 25.6 Å². The minimum absolute atomic E-state index is 0.0487. The van der Waals surface area contributed by atoms with Crippen LogP contribution in [0.4, 0.5) is 4.39 Å². The molecule has 0 atom stereocenters. The average Bonchev–Trinajstić information content (AvgIpc) is 2.26. The number of carbonyl (C=O) groups excluding carboxylic acids is 1. The molecule has 0 radical (unpaired) electrons. The molecule has 112 valence electrons. The van der Waals surface area contributed by atoms with Crippen LogP contribution in [0.5, 0.6) is 0 Å². The Morgan fingerprint density at radius 1 is 1.35 bits per heavy atom. The van der Waals surface area contributed by atoms with Crippen molar-refractivity contribution in [3.05, 3.63) is 29.1 Å². The van der Waals surface area contributed by atoms with Crippen LogP contribution >= 0.6 is 10.7 Å². The van der Waals surface area contributed by atoms with Crippen LogP contribution in [0.15, 0.2) is 17.0 Å². The Hall–Kier alpha value is -1.14. The fourth-order valence-electron chi connectivity index (χ4n) is 1.49. The molecule has 0 aliphatic heterocycles. The summed E-state index contributed by atoms with van der Waals surface area (Å²) in [6.07, 6.45) is 0. The van der Waals surface area contributed by atoms with Crippen LogP contribution in [0, 0.1) is 18.2 Å². The molecule has 0 aromatic heterocycles. The molecule has 1 rings (SSSR count). The molecular formula is C13H17ClFNO3S. The molecule has 1 aromatic rings. The zero-order chi connectivity index (χ0) is 15.7. The van der Waals surface area contributed by atoms with Gasteiger partial charge in [0.15, 0.2) is 0 Å². The lowest BCUT2D eigenvalue weighted by molar-refractivity contribution is 0.0939. The van der Waals surface area contributed by atoms with E-state index in [2.05, 4.69) is 5.32 Å². The van der Waals surface area contributed by atoms with E-state index >= 15 is 0 Å². The summed E-state index contributed by atoms with van der Waals surface area (Å²) in [7, 11) is 0.924. The topological polar surface area (TPSA) is 63.2 Å². The molecule has 0 unspecified atom stereocenters. The van der Waals surface area contributed by atoms with E-state index in [4.69, 9.17) is 10.7 Å². The lowest BCUT2D eigenvalue weighted by atomic mass is 9.97. The second-order valence-electron chi connectivity index (χ2n) is 5.79. The number of hydrogen-bond donors (Lipinski definition) is 1. The van der Waals surface area contributed by atoms with Crippen molar-refractivity contribution in [3.8, 4) is 0 Å². The van der Waals surface area contributed by atoms with Gasteiger partial charge in [-0.1, -0.05) is 20.8 Å². The summed E-state index contributed by atoms with van der Waals surface area (Å²) in [4.78, 5) is 11.3. The van der Waals surface area contributed by atoms with Crippen LogP contribution in [0.3, 0.4) is 0 Å². The molecule has 0 spiro atoms. The fourth-order valence-corrected chi connectivity index (χ4v) is 2.47. The highest BCUT2D eigenvalue weighted by Crippen LogP contribution is 2.23. The van der Waals surface area contributed by atoms with Crippen molar-refractivity contribution in [3.63, 3.8) is 0 Å².